The number of hydrogen-bond donors (Lipinski definition) is 2. The highest BCUT2D eigenvalue weighted by Crippen LogP contribution is 2.36. The highest BCUT2D eigenvalue weighted by molar-refractivity contribution is 7.18. The van der Waals surface area contributed by atoms with E-state index in [4.69, 9.17) is 5.73 Å². The van der Waals surface area contributed by atoms with Crippen molar-refractivity contribution in [3.63, 3.8) is 0 Å². The molecule has 1 aromatic heterocycles. The van der Waals surface area contributed by atoms with Crippen molar-refractivity contribution >= 4 is 27.8 Å². The minimum atomic E-state index is 0.134. The first-order chi connectivity index (χ1) is 7.61. The molecule has 0 spiro atoms. The van der Waals surface area contributed by atoms with Crippen molar-refractivity contribution in [3.8, 4) is 0 Å². The zero-order valence-corrected chi connectivity index (χ0v) is 10.6. The highest BCUT2D eigenvalue weighted by atomic mass is 32.1. The number of thiophene rings is 1. The number of ketones is 1. The van der Waals surface area contributed by atoms with E-state index in [1.54, 1.807) is 0 Å². The lowest BCUT2D eigenvalue weighted by Crippen LogP contribution is -2.16. The Morgan fingerprint density at radius 2 is 2.38 bits per heavy atom. The van der Waals surface area contributed by atoms with Crippen molar-refractivity contribution < 1.29 is 4.79 Å². The van der Waals surface area contributed by atoms with E-state index < -0.39 is 0 Å². The fourth-order valence-electron chi connectivity index (χ4n) is 1.79. The summed E-state index contributed by atoms with van der Waals surface area (Å²) in [5.41, 5.74) is 6.45. The maximum absolute atomic E-state index is 11.6. The second-order valence-electron chi connectivity index (χ2n) is 4.44. The summed E-state index contributed by atoms with van der Waals surface area (Å²) >= 11 is 1.48. The summed E-state index contributed by atoms with van der Waals surface area (Å²) in [5.74, 6) is 0.934. The van der Waals surface area contributed by atoms with E-state index in [0.717, 1.165) is 10.9 Å². The van der Waals surface area contributed by atoms with Crippen LogP contribution in [0.25, 0.3) is 0 Å². The van der Waals surface area contributed by atoms with Gasteiger partial charge in [-0.05, 0) is 31.7 Å². The predicted octanol–water partition coefficient (Wildman–Crippen LogP) is 3.13. The van der Waals surface area contributed by atoms with E-state index in [1.165, 1.54) is 24.2 Å². The van der Waals surface area contributed by atoms with Crippen LogP contribution in [0.15, 0.2) is 6.07 Å². The quantitative estimate of drug-likeness (QED) is 0.775. The molecule has 0 bridgehead atoms. The van der Waals surface area contributed by atoms with Crippen LogP contribution in [-0.2, 0) is 0 Å². The van der Waals surface area contributed by atoms with Gasteiger partial charge in [0.25, 0.3) is 0 Å². The second-order valence-corrected chi connectivity index (χ2v) is 5.49. The molecule has 0 saturated heterocycles. The normalized spacial score (nSPS) is 17.1. The monoisotopic (exact) mass is 238 g/mol. The van der Waals surface area contributed by atoms with Crippen LogP contribution in [0, 0.1) is 5.92 Å². The maximum Gasteiger partial charge on any atom is 0.174 e. The molecule has 0 aromatic carbocycles. The van der Waals surface area contributed by atoms with Gasteiger partial charge in [-0.25, -0.2) is 0 Å². The van der Waals surface area contributed by atoms with Gasteiger partial charge in [-0.2, -0.15) is 0 Å². The molecule has 1 unspecified atom stereocenters. The molecular formula is C12H18N2OS. The molecule has 1 saturated carbocycles. The van der Waals surface area contributed by atoms with Crippen LogP contribution < -0.4 is 11.1 Å². The molecule has 0 radical (unpaired) electrons. The van der Waals surface area contributed by atoms with E-state index in [0.29, 0.717) is 23.0 Å². The zero-order valence-electron chi connectivity index (χ0n) is 9.75. The number of carbonyl (C=O) groups excluding carboxylic acids is 1. The van der Waals surface area contributed by atoms with Gasteiger partial charge >= 0.3 is 0 Å². The molecule has 3 N–H and O–H groups in total. The number of nitrogens with two attached hydrogens (primary N) is 1. The van der Waals surface area contributed by atoms with E-state index in [-0.39, 0.29) is 5.78 Å². The van der Waals surface area contributed by atoms with E-state index >= 15 is 0 Å². The molecule has 3 nitrogen and oxygen atoms in total. The van der Waals surface area contributed by atoms with E-state index in [2.05, 4.69) is 12.2 Å². The van der Waals surface area contributed by atoms with Gasteiger partial charge in [-0.15, -0.1) is 11.3 Å². The summed E-state index contributed by atoms with van der Waals surface area (Å²) in [6.07, 6.45) is 3.15. The molecule has 1 aliphatic rings. The van der Waals surface area contributed by atoms with Crippen LogP contribution in [0.3, 0.4) is 0 Å². The third-order valence-corrected chi connectivity index (χ3v) is 4.16. The van der Waals surface area contributed by atoms with Crippen molar-refractivity contribution in [1.29, 1.82) is 0 Å². The van der Waals surface area contributed by atoms with Gasteiger partial charge in [0.2, 0.25) is 0 Å². The third-order valence-electron chi connectivity index (χ3n) is 3.03. The number of carbonyl (C=O) groups is 1. The minimum Gasteiger partial charge on any atom is -0.397 e. The average molecular weight is 238 g/mol. The fourth-order valence-corrected chi connectivity index (χ4v) is 2.88. The van der Waals surface area contributed by atoms with Gasteiger partial charge in [0, 0.05) is 12.5 Å². The number of rotatable bonds is 5. The lowest BCUT2D eigenvalue weighted by molar-refractivity contribution is 0.0993. The standard InChI is InChI=1S/C12H18N2OS/c1-3-10(15)12-9(13)6-11(16-12)14-7(2)8-4-5-8/h6-8,14H,3-5,13H2,1-2H3. The zero-order chi connectivity index (χ0) is 11.7. The summed E-state index contributed by atoms with van der Waals surface area (Å²) in [5, 5.41) is 4.45. The number of hydrogen-bond acceptors (Lipinski definition) is 4. The number of anilines is 2. The summed E-state index contributed by atoms with van der Waals surface area (Å²) in [6, 6.07) is 2.37. The van der Waals surface area contributed by atoms with Crippen LogP contribution in [-0.4, -0.2) is 11.8 Å². The number of nitrogens with one attached hydrogen (secondary N) is 1. The summed E-state index contributed by atoms with van der Waals surface area (Å²) in [6.45, 7) is 4.05. The molecule has 2 rings (SSSR count). The Balaban J connectivity index is 2.07. The number of nitrogen functional groups attached to an aromatic ring is 1. The Bertz CT molecular complexity index is 396. The predicted molar refractivity (Wildman–Crippen MR) is 69.2 cm³/mol. The summed E-state index contributed by atoms with van der Waals surface area (Å²) in [4.78, 5) is 12.3. The largest absolute Gasteiger partial charge is 0.397 e. The van der Waals surface area contributed by atoms with Crippen molar-refractivity contribution in [2.45, 2.75) is 39.2 Å². The van der Waals surface area contributed by atoms with Gasteiger partial charge in [-0.1, -0.05) is 6.92 Å². The Hall–Kier alpha value is -1.03. The molecular weight excluding hydrogens is 220 g/mol. The lowest BCUT2D eigenvalue weighted by Gasteiger charge is -2.11. The van der Waals surface area contributed by atoms with Gasteiger partial charge in [0.1, 0.15) is 0 Å². The average Bonchev–Trinajstić information content (AvgIpc) is 3.03. The second kappa shape index (κ2) is 4.45. The Labute approximate surface area is 100 Å². The van der Waals surface area contributed by atoms with Gasteiger partial charge < -0.3 is 11.1 Å². The molecule has 88 valence electrons. The Kier molecular flexibility index (Phi) is 3.19. The molecule has 4 heteroatoms. The first-order valence-corrected chi connectivity index (χ1v) is 6.62. The Morgan fingerprint density at radius 1 is 1.69 bits per heavy atom. The highest BCUT2D eigenvalue weighted by Gasteiger charge is 2.28. The lowest BCUT2D eigenvalue weighted by atomic mass is 10.2. The molecule has 1 aromatic rings. The molecule has 0 aliphatic heterocycles. The first kappa shape index (κ1) is 11.5. The van der Waals surface area contributed by atoms with Crippen molar-refractivity contribution in [2.75, 3.05) is 11.1 Å². The molecule has 16 heavy (non-hydrogen) atoms. The number of Topliss-reactive ketones (excluding diaryl/α,β-unsaturated/α-hetero) is 1. The third kappa shape index (κ3) is 2.38. The summed E-state index contributed by atoms with van der Waals surface area (Å²) < 4.78 is 0. The molecule has 1 atom stereocenters. The van der Waals surface area contributed by atoms with Crippen LogP contribution in [0.5, 0.6) is 0 Å². The maximum atomic E-state index is 11.6. The SMILES string of the molecule is CCC(=O)c1sc(NC(C)C2CC2)cc1N. The Morgan fingerprint density at radius 3 is 2.94 bits per heavy atom. The van der Waals surface area contributed by atoms with Gasteiger partial charge in [0.05, 0.1) is 15.6 Å². The summed E-state index contributed by atoms with van der Waals surface area (Å²) in [7, 11) is 0. The van der Waals surface area contributed by atoms with E-state index in [9.17, 15) is 4.79 Å². The molecule has 1 fully saturated rings. The van der Waals surface area contributed by atoms with Crippen LogP contribution in [0.1, 0.15) is 42.8 Å². The van der Waals surface area contributed by atoms with Gasteiger partial charge in [-0.3, -0.25) is 4.79 Å². The fraction of sp³-hybridized carbons (Fsp3) is 0.583. The van der Waals surface area contributed by atoms with Crippen LogP contribution in [0.4, 0.5) is 10.7 Å². The van der Waals surface area contributed by atoms with Crippen molar-refractivity contribution in [3.05, 3.63) is 10.9 Å². The molecule has 0 amide bonds. The van der Waals surface area contributed by atoms with Gasteiger partial charge in [0.15, 0.2) is 5.78 Å². The topological polar surface area (TPSA) is 55.1 Å². The van der Waals surface area contributed by atoms with Crippen molar-refractivity contribution in [1.82, 2.24) is 0 Å². The van der Waals surface area contributed by atoms with E-state index in [1.807, 2.05) is 13.0 Å². The van der Waals surface area contributed by atoms with Crippen LogP contribution >= 0.6 is 11.3 Å². The first-order valence-electron chi connectivity index (χ1n) is 5.80. The molecule has 1 heterocycles. The van der Waals surface area contributed by atoms with Crippen LogP contribution in [0.2, 0.25) is 0 Å². The van der Waals surface area contributed by atoms with Crippen molar-refractivity contribution in [2.24, 2.45) is 5.92 Å². The smallest absolute Gasteiger partial charge is 0.174 e. The molecule has 1 aliphatic carbocycles. The minimum absolute atomic E-state index is 0.134.